The van der Waals surface area contributed by atoms with Gasteiger partial charge in [-0.05, 0) is 38.0 Å². The molecule has 1 aromatic rings. The highest BCUT2D eigenvalue weighted by Gasteiger charge is 2.43. The maximum Gasteiger partial charge on any atom is 0.318 e. The number of benzene rings is 1. The number of rotatable bonds is 5. The molecule has 1 aliphatic rings. The highest BCUT2D eigenvalue weighted by molar-refractivity contribution is 5.75. The molecule has 1 aliphatic heterocycles. The number of urea groups is 1. The largest absolute Gasteiger partial charge is 0.369 e. The van der Waals surface area contributed by atoms with Gasteiger partial charge < -0.3 is 15.0 Å². The van der Waals surface area contributed by atoms with E-state index < -0.39 is 23.3 Å². The average molecular weight is 340 g/mol. The van der Waals surface area contributed by atoms with E-state index in [0.717, 1.165) is 31.4 Å². The molecule has 1 fully saturated rings. The van der Waals surface area contributed by atoms with Crippen molar-refractivity contribution in [2.45, 2.75) is 51.7 Å². The van der Waals surface area contributed by atoms with Crippen molar-refractivity contribution in [2.75, 3.05) is 19.7 Å². The van der Waals surface area contributed by atoms with Gasteiger partial charge in [0, 0.05) is 13.1 Å². The van der Waals surface area contributed by atoms with Crippen molar-refractivity contribution < 1.29 is 18.3 Å². The second-order valence-corrected chi connectivity index (χ2v) is 6.67. The van der Waals surface area contributed by atoms with Crippen molar-refractivity contribution in [3.8, 4) is 0 Å². The summed E-state index contributed by atoms with van der Waals surface area (Å²) in [6, 6.07) is 3.60. The van der Waals surface area contributed by atoms with Gasteiger partial charge in [0.25, 0.3) is 0 Å². The van der Waals surface area contributed by atoms with Crippen molar-refractivity contribution >= 4 is 6.03 Å². The lowest BCUT2D eigenvalue weighted by molar-refractivity contribution is -0.0952. The van der Waals surface area contributed by atoms with Gasteiger partial charge in [-0.15, -0.1) is 0 Å². The molecular formula is C18H26F2N2O2. The zero-order valence-corrected chi connectivity index (χ0v) is 14.6. The smallest absolute Gasteiger partial charge is 0.318 e. The molecular weight excluding hydrogens is 314 g/mol. The van der Waals surface area contributed by atoms with E-state index in [9.17, 15) is 13.6 Å². The van der Waals surface area contributed by atoms with Crippen LogP contribution in [0.1, 0.15) is 51.7 Å². The zero-order valence-electron chi connectivity index (χ0n) is 14.6. The molecule has 1 unspecified atom stereocenters. The van der Waals surface area contributed by atoms with Crippen molar-refractivity contribution in [3.05, 3.63) is 35.4 Å². The molecule has 134 valence electrons. The highest BCUT2D eigenvalue weighted by atomic mass is 19.2. The molecule has 1 saturated heterocycles. The minimum atomic E-state index is -0.909. The number of hydrogen-bond acceptors (Lipinski definition) is 2. The first-order valence-electron chi connectivity index (χ1n) is 8.50. The standard InChI is InChI=1S/C18H26F2N2O2/c1-4-5-6-9-21-17(23)22-10-11-24-16(18(22,2)3)13-7-8-14(19)15(20)12-13/h7-8,12,16H,4-6,9-11H2,1-3H3,(H,21,23). The Balaban J connectivity index is 2.11. The van der Waals surface area contributed by atoms with E-state index in [1.165, 1.54) is 6.07 Å². The van der Waals surface area contributed by atoms with Crippen LogP contribution in [0, 0.1) is 11.6 Å². The SMILES string of the molecule is CCCCCNC(=O)N1CCOC(c2ccc(F)c(F)c2)C1(C)C. The highest BCUT2D eigenvalue weighted by Crippen LogP contribution is 2.37. The van der Waals surface area contributed by atoms with E-state index in [-0.39, 0.29) is 6.03 Å². The maximum atomic E-state index is 13.6. The van der Waals surface area contributed by atoms with Crippen LogP contribution in [-0.2, 0) is 4.74 Å². The Morgan fingerprint density at radius 3 is 2.75 bits per heavy atom. The van der Waals surface area contributed by atoms with Gasteiger partial charge >= 0.3 is 6.03 Å². The number of halogens is 2. The second kappa shape index (κ2) is 7.92. The molecule has 1 N–H and O–H groups in total. The summed E-state index contributed by atoms with van der Waals surface area (Å²) in [4.78, 5) is 14.2. The molecule has 1 aromatic carbocycles. The Morgan fingerprint density at radius 1 is 1.33 bits per heavy atom. The van der Waals surface area contributed by atoms with Crippen LogP contribution in [0.25, 0.3) is 0 Å². The monoisotopic (exact) mass is 340 g/mol. The van der Waals surface area contributed by atoms with E-state index in [1.54, 1.807) is 4.90 Å². The average Bonchev–Trinajstić information content (AvgIpc) is 2.53. The van der Waals surface area contributed by atoms with Crippen LogP contribution in [0.5, 0.6) is 0 Å². The van der Waals surface area contributed by atoms with Gasteiger partial charge in [0.15, 0.2) is 11.6 Å². The van der Waals surface area contributed by atoms with Crippen LogP contribution in [0.2, 0.25) is 0 Å². The number of morpholine rings is 1. The Hall–Kier alpha value is -1.69. The lowest BCUT2D eigenvalue weighted by Crippen LogP contribution is -2.59. The van der Waals surface area contributed by atoms with Crippen molar-refractivity contribution in [1.82, 2.24) is 10.2 Å². The maximum absolute atomic E-state index is 13.6. The molecule has 2 rings (SSSR count). The minimum Gasteiger partial charge on any atom is -0.369 e. The van der Waals surface area contributed by atoms with Gasteiger partial charge in [-0.25, -0.2) is 13.6 Å². The fourth-order valence-electron chi connectivity index (χ4n) is 3.10. The van der Waals surface area contributed by atoms with Gasteiger partial charge in [0.1, 0.15) is 6.10 Å². The summed E-state index contributed by atoms with van der Waals surface area (Å²) < 4.78 is 32.5. The molecule has 1 heterocycles. The molecule has 0 saturated carbocycles. The second-order valence-electron chi connectivity index (χ2n) is 6.67. The number of hydrogen-bond donors (Lipinski definition) is 1. The normalized spacial score (nSPS) is 20.0. The third kappa shape index (κ3) is 4.04. The molecule has 0 spiro atoms. The number of carbonyl (C=O) groups excluding carboxylic acids is 1. The van der Waals surface area contributed by atoms with Gasteiger partial charge in [0.2, 0.25) is 0 Å². The minimum absolute atomic E-state index is 0.146. The van der Waals surface area contributed by atoms with E-state index in [1.807, 2.05) is 13.8 Å². The summed E-state index contributed by atoms with van der Waals surface area (Å²) in [5.74, 6) is -1.80. The molecule has 0 aliphatic carbocycles. The number of nitrogens with one attached hydrogen (secondary N) is 1. The zero-order chi connectivity index (χ0) is 17.7. The molecule has 2 amide bonds. The van der Waals surface area contributed by atoms with E-state index in [2.05, 4.69) is 12.2 Å². The third-order valence-electron chi connectivity index (χ3n) is 4.48. The summed E-state index contributed by atoms with van der Waals surface area (Å²) in [6.45, 7) is 7.32. The van der Waals surface area contributed by atoms with E-state index in [4.69, 9.17) is 4.74 Å². The summed E-state index contributed by atoms with van der Waals surface area (Å²) in [6.07, 6.45) is 2.60. The summed E-state index contributed by atoms with van der Waals surface area (Å²) in [7, 11) is 0. The first kappa shape index (κ1) is 18.6. The molecule has 6 heteroatoms. The first-order chi connectivity index (χ1) is 11.4. The van der Waals surface area contributed by atoms with E-state index >= 15 is 0 Å². The fourth-order valence-corrected chi connectivity index (χ4v) is 3.10. The Bertz CT molecular complexity index is 578. The van der Waals surface area contributed by atoms with Gasteiger partial charge in [0.05, 0.1) is 12.1 Å². The van der Waals surface area contributed by atoms with Crippen molar-refractivity contribution in [1.29, 1.82) is 0 Å². The Labute approximate surface area is 142 Å². The number of carbonyl (C=O) groups is 1. The predicted octanol–water partition coefficient (Wildman–Crippen LogP) is 4.02. The van der Waals surface area contributed by atoms with Crippen LogP contribution in [0.15, 0.2) is 18.2 Å². The summed E-state index contributed by atoms with van der Waals surface area (Å²) in [5.41, 5.74) is -0.139. The third-order valence-corrected chi connectivity index (χ3v) is 4.48. The molecule has 0 radical (unpaired) electrons. The predicted molar refractivity (Wildman–Crippen MR) is 88.8 cm³/mol. The number of amides is 2. The van der Waals surface area contributed by atoms with Crippen LogP contribution in [-0.4, -0.2) is 36.2 Å². The van der Waals surface area contributed by atoms with Crippen LogP contribution in [0.3, 0.4) is 0 Å². The summed E-state index contributed by atoms with van der Waals surface area (Å²) in [5, 5.41) is 2.93. The lowest BCUT2D eigenvalue weighted by atomic mass is 9.88. The topological polar surface area (TPSA) is 41.6 Å². The molecule has 0 aromatic heterocycles. The van der Waals surface area contributed by atoms with E-state index in [0.29, 0.717) is 25.3 Å². The van der Waals surface area contributed by atoms with Crippen LogP contribution in [0.4, 0.5) is 13.6 Å². The van der Waals surface area contributed by atoms with Crippen molar-refractivity contribution in [2.24, 2.45) is 0 Å². The Kier molecular flexibility index (Phi) is 6.15. The lowest BCUT2D eigenvalue weighted by Gasteiger charge is -2.47. The molecule has 1 atom stereocenters. The molecule has 24 heavy (non-hydrogen) atoms. The van der Waals surface area contributed by atoms with Crippen LogP contribution < -0.4 is 5.32 Å². The van der Waals surface area contributed by atoms with Gasteiger partial charge in [-0.3, -0.25) is 0 Å². The first-order valence-corrected chi connectivity index (χ1v) is 8.50. The molecule has 0 bridgehead atoms. The number of ether oxygens (including phenoxy) is 1. The van der Waals surface area contributed by atoms with Crippen LogP contribution >= 0.6 is 0 Å². The number of nitrogens with zero attached hydrogens (tertiary/aromatic N) is 1. The van der Waals surface area contributed by atoms with Gasteiger partial charge in [-0.1, -0.05) is 25.8 Å². The van der Waals surface area contributed by atoms with Gasteiger partial charge in [-0.2, -0.15) is 0 Å². The molecule has 4 nitrogen and oxygen atoms in total. The van der Waals surface area contributed by atoms with Crippen molar-refractivity contribution in [3.63, 3.8) is 0 Å². The number of unbranched alkanes of at least 4 members (excludes halogenated alkanes) is 2. The Morgan fingerprint density at radius 2 is 2.08 bits per heavy atom. The quantitative estimate of drug-likeness (QED) is 0.823. The summed E-state index contributed by atoms with van der Waals surface area (Å²) >= 11 is 0. The fraction of sp³-hybridized carbons (Fsp3) is 0.611.